The number of methoxy groups -OCH3 is 1. The van der Waals surface area contributed by atoms with Crippen LogP contribution in [-0.2, 0) is 16.0 Å². The molecule has 2 N–H and O–H groups in total. The SMILES string of the molecule is COc1cccc(CCC(=O)N2CC[C@@H]3[C@@H](CCC(=O)N3CCN)C2)c1. The summed E-state index contributed by atoms with van der Waals surface area (Å²) in [7, 11) is 1.65. The normalized spacial score (nSPS) is 22.9. The highest BCUT2D eigenvalue weighted by Crippen LogP contribution is 2.31. The molecule has 0 aromatic heterocycles. The Labute approximate surface area is 155 Å². The average Bonchev–Trinajstić information content (AvgIpc) is 2.68. The number of nitrogens with zero attached hydrogens (tertiary/aromatic N) is 2. The van der Waals surface area contributed by atoms with Gasteiger partial charge in [-0.05, 0) is 42.9 Å². The average molecular weight is 359 g/mol. The van der Waals surface area contributed by atoms with Crippen molar-refractivity contribution in [1.82, 2.24) is 9.80 Å². The minimum absolute atomic E-state index is 0.202. The Morgan fingerprint density at radius 3 is 2.96 bits per heavy atom. The quantitative estimate of drug-likeness (QED) is 0.834. The molecular weight excluding hydrogens is 330 g/mol. The zero-order chi connectivity index (χ0) is 18.5. The van der Waals surface area contributed by atoms with Crippen LogP contribution in [0.4, 0.5) is 0 Å². The van der Waals surface area contributed by atoms with Crippen LogP contribution in [-0.4, -0.2) is 60.9 Å². The van der Waals surface area contributed by atoms with Gasteiger partial charge in [-0.25, -0.2) is 0 Å². The van der Waals surface area contributed by atoms with E-state index in [2.05, 4.69) is 0 Å². The third-order valence-electron chi connectivity index (χ3n) is 5.63. The summed E-state index contributed by atoms with van der Waals surface area (Å²) in [5.41, 5.74) is 6.78. The number of piperidine rings is 2. The molecule has 3 rings (SSSR count). The van der Waals surface area contributed by atoms with Gasteiger partial charge in [0.25, 0.3) is 0 Å². The Morgan fingerprint density at radius 2 is 2.19 bits per heavy atom. The summed E-state index contributed by atoms with van der Waals surface area (Å²) in [5.74, 6) is 1.62. The second-order valence-electron chi connectivity index (χ2n) is 7.22. The number of benzene rings is 1. The second kappa shape index (κ2) is 8.54. The van der Waals surface area contributed by atoms with Crippen molar-refractivity contribution in [3.05, 3.63) is 29.8 Å². The number of hydrogen-bond acceptors (Lipinski definition) is 4. The molecule has 2 heterocycles. The summed E-state index contributed by atoms with van der Waals surface area (Å²) < 4.78 is 5.24. The summed E-state index contributed by atoms with van der Waals surface area (Å²) >= 11 is 0. The van der Waals surface area contributed by atoms with E-state index in [1.165, 1.54) is 0 Å². The van der Waals surface area contributed by atoms with Gasteiger partial charge in [0, 0.05) is 45.1 Å². The maximum Gasteiger partial charge on any atom is 0.222 e. The van der Waals surface area contributed by atoms with Gasteiger partial charge < -0.3 is 20.3 Å². The van der Waals surface area contributed by atoms with Crippen molar-refractivity contribution in [2.24, 2.45) is 11.7 Å². The standard InChI is InChI=1S/C20H29N3O3/c1-26-17-4-2-3-15(13-17)5-7-19(24)22-11-9-18-16(14-22)6-8-20(25)23(18)12-10-21/h2-4,13,16,18H,5-12,14,21H2,1H3/t16-,18+/m0/s1. The largest absolute Gasteiger partial charge is 0.497 e. The summed E-state index contributed by atoms with van der Waals surface area (Å²) in [6.07, 6.45) is 3.55. The van der Waals surface area contributed by atoms with E-state index >= 15 is 0 Å². The zero-order valence-electron chi connectivity index (χ0n) is 15.5. The molecule has 0 unspecified atom stereocenters. The number of fused-ring (bicyclic) bond motifs is 1. The van der Waals surface area contributed by atoms with Crippen molar-refractivity contribution >= 4 is 11.8 Å². The molecule has 2 aliphatic rings. The van der Waals surface area contributed by atoms with Crippen molar-refractivity contribution < 1.29 is 14.3 Å². The van der Waals surface area contributed by atoms with Crippen LogP contribution in [0.2, 0.25) is 0 Å². The molecule has 1 aromatic rings. The predicted octanol–water partition coefficient (Wildman–Crippen LogP) is 1.43. The third-order valence-corrected chi connectivity index (χ3v) is 5.63. The van der Waals surface area contributed by atoms with Crippen LogP contribution < -0.4 is 10.5 Å². The predicted molar refractivity (Wildman–Crippen MR) is 99.8 cm³/mol. The Balaban J connectivity index is 1.54. The van der Waals surface area contributed by atoms with Crippen molar-refractivity contribution in [2.45, 2.75) is 38.1 Å². The highest BCUT2D eigenvalue weighted by molar-refractivity contribution is 5.78. The number of aryl methyl sites for hydroxylation is 1. The fraction of sp³-hybridized carbons (Fsp3) is 0.600. The molecule has 6 nitrogen and oxygen atoms in total. The van der Waals surface area contributed by atoms with Crippen molar-refractivity contribution in [3.63, 3.8) is 0 Å². The lowest BCUT2D eigenvalue weighted by Crippen LogP contribution is -2.57. The lowest BCUT2D eigenvalue weighted by molar-refractivity contribution is -0.144. The lowest BCUT2D eigenvalue weighted by Gasteiger charge is -2.47. The van der Waals surface area contributed by atoms with Gasteiger partial charge in [-0.15, -0.1) is 0 Å². The van der Waals surface area contributed by atoms with E-state index in [0.29, 0.717) is 31.8 Å². The Morgan fingerprint density at radius 1 is 1.35 bits per heavy atom. The van der Waals surface area contributed by atoms with Gasteiger partial charge in [0.2, 0.25) is 11.8 Å². The molecule has 1 aromatic carbocycles. The van der Waals surface area contributed by atoms with Crippen LogP contribution in [0, 0.1) is 5.92 Å². The van der Waals surface area contributed by atoms with Crippen LogP contribution >= 0.6 is 0 Å². The Bertz CT molecular complexity index is 649. The van der Waals surface area contributed by atoms with Crippen LogP contribution in [0.25, 0.3) is 0 Å². The van der Waals surface area contributed by atoms with E-state index in [4.69, 9.17) is 10.5 Å². The molecule has 2 aliphatic heterocycles. The van der Waals surface area contributed by atoms with E-state index in [1.54, 1.807) is 7.11 Å². The molecule has 0 aliphatic carbocycles. The number of amides is 2. The van der Waals surface area contributed by atoms with Crippen LogP contribution in [0.3, 0.4) is 0 Å². The molecule has 0 radical (unpaired) electrons. The Kier molecular flexibility index (Phi) is 6.14. The second-order valence-corrected chi connectivity index (χ2v) is 7.22. The number of carbonyl (C=O) groups is 2. The molecule has 2 fully saturated rings. The fourth-order valence-corrected chi connectivity index (χ4v) is 4.24. The van der Waals surface area contributed by atoms with Crippen molar-refractivity contribution in [2.75, 3.05) is 33.3 Å². The first-order chi connectivity index (χ1) is 12.6. The molecular formula is C20H29N3O3. The summed E-state index contributed by atoms with van der Waals surface area (Å²) in [6.45, 7) is 2.62. The number of likely N-dealkylation sites (tertiary alicyclic amines) is 2. The topological polar surface area (TPSA) is 75.9 Å². The molecule has 2 amide bonds. The molecule has 0 bridgehead atoms. The van der Waals surface area contributed by atoms with E-state index < -0.39 is 0 Å². The van der Waals surface area contributed by atoms with Crippen LogP contribution in [0.5, 0.6) is 5.75 Å². The first kappa shape index (κ1) is 18.7. The first-order valence-electron chi connectivity index (χ1n) is 9.52. The number of nitrogens with two attached hydrogens (primary N) is 1. The van der Waals surface area contributed by atoms with E-state index in [-0.39, 0.29) is 17.9 Å². The zero-order valence-corrected chi connectivity index (χ0v) is 15.5. The smallest absolute Gasteiger partial charge is 0.222 e. The van der Waals surface area contributed by atoms with Gasteiger partial charge in [0.1, 0.15) is 5.75 Å². The van der Waals surface area contributed by atoms with Crippen LogP contribution in [0.1, 0.15) is 31.2 Å². The van der Waals surface area contributed by atoms with Crippen LogP contribution in [0.15, 0.2) is 24.3 Å². The first-order valence-corrected chi connectivity index (χ1v) is 9.52. The molecule has 26 heavy (non-hydrogen) atoms. The van der Waals surface area contributed by atoms with E-state index in [0.717, 1.165) is 43.7 Å². The number of rotatable bonds is 6. The fourth-order valence-electron chi connectivity index (χ4n) is 4.24. The van der Waals surface area contributed by atoms with Gasteiger partial charge in [-0.2, -0.15) is 0 Å². The Hall–Kier alpha value is -2.08. The van der Waals surface area contributed by atoms with Crippen molar-refractivity contribution in [1.29, 1.82) is 0 Å². The monoisotopic (exact) mass is 359 g/mol. The minimum atomic E-state index is 0.202. The molecule has 0 spiro atoms. The summed E-state index contributed by atoms with van der Waals surface area (Å²) in [4.78, 5) is 28.7. The molecule has 142 valence electrons. The van der Waals surface area contributed by atoms with Gasteiger partial charge >= 0.3 is 0 Å². The van der Waals surface area contributed by atoms with Crippen molar-refractivity contribution in [3.8, 4) is 5.75 Å². The van der Waals surface area contributed by atoms with Gasteiger partial charge in [0.15, 0.2) is 0 Å². The van der Waals surface area contributed by atoms with E-state index in [1.807, 2.05) is 34.1 Å². The van der Waals surface area contributed by atoms with Gasteiger partial charge in [-0.1, -0.05) is 12.1 Å². The maximum absolute atomic E-state index is 12.7. The van der Waals surface area contributed by atoms with E-state index in [9.17, 15) is 9.59 Å². The summed E-state index contributed by atoms with van der Waals surface area (Å²) in [5, 5.41) is 0. The maximum atomic E-state index is 12.7. The highest BCUT2D eigenvalue weighted by atomic mass is 16.5. The lowest BCUT2D eigenvalue weighted by atomic mass is 9.83. The molecule has 2 saturated heterocycles. The number of carbonyl (C=O) groups excluding carboxylic acids is 2. The molecule has 0 saturated carbocycles. The van der Waals surface area contributed by atoms with Gasteiger partial charge in [0.05, 0.1) is 7.11 Å². The van der Waals surface area contributed by atoms with Gasteiger partial charge in [-0.3, -0.25) is 9.59 Å². The summed E-state index contributed by atoms with van der Waals surface area (Å²) in [6, 6.07) is 8.13. The number of hydrogen-bond donors (Lipinski definition) is 1. The molecule has 2 atom stereocenters. The number of ether oxygens (including phenoxy) is 1. The third kappa shape index (κ3) is 4.18. The minimum Gasteiger partial charge on any atom is -0.497 e. The highest BCUT2D eigenvalue weighted by Gasteiger charge is 2.39. The molecule has 6 heteroatoms.